The van der Waals surface area contributed by atoms with Crippen LogP contribution in [0.15, 0.2) is 78.9 Å². The molecule has 6 rings (SSSR count). The van der Waals surface area contributed by atoms with Gasteiger partial charge in [0.2, 0.25) is 11.8 Å². The van der Waals surface area contributed by atoms with Crippen molar-refractivity contribution < 1.29 is 28.7 Å². The van der Waals surface area contributed by atoms with Gasteiger partial charge in [-0.1, -0.05) is 72.8 Å². The molecule has 240 valence electrons. The molecule has 46 heavy (non-hydrogen) atoms. The van der Waals surface area contributed by atoms with E-state index in [9.17, 15) is 19.2 Å². The van der Waals surface area contributed by atoms with Crippen molar-refractivity contribution in [3.63, 3.8) is 0 Å². The summed E-state index contributed by atoms with van der Waals surface area (Å²) < 4.78 is 10.8. The van der Waals surface area contributed by atoms with Gasteiger partial charge in [-0.25, -0.2) is 4.79 Å². The average molecular weight is 624 g/mol. The molecule has 3 aliphatic heterocycles. The van der Waals surface area contributed by atoms with Crippen LogP contribution in [0.4, 0.5) is 10.5 Å². The van der Waals surface area contributed by atoms with Gasteiger partial charge < -0.3 is 19.3 Å². The van der Waals surface area contributed by atoms with Gasteiger partial charge in [-0.3, -0.25) is 19.3 Å². The van der Waals surface area contributed by atoms with Crippen LogP contribution in [0.3, 0.4) is 0 Å². The maximum atomic E-state index is 14.7. The smallest absolute Gasteiger partial charge is 0.415 e. The molecule has 0 bridgehead atoms. The molecule has 1 fully saturated rings. The number of amides is 3. The molecule has 1 saturated heterocycles. The first kappa shape index (κ1) is 31.3. The third-order valence-corrected chi connectivity index (χ3v) is 9.26. The SMILES string of the molecule is COC(=O)C[C@H]1Cc2ccccc2CN1C(=O)[C@H]1C[C@@H](c2ccccc2)CN1C(=O)[C@H]1Cc2ccccc2N1C(=O)OC(C)(C)C. The Morgan fingerprint density at radius 2 is 1.39 bits per heavy atom. The number of rotatable bonds is 5. The van der Waals surface area contributed by atoms with Crippen molar-refractivity contribution in [3.05, 3.63) is 101 Å². The Morgan fingerprint density at radius 1 is 0.761 bits per heavy atom. The van der Waals surface area contributed by atoms with Gasteiger partial charge in [0.15, 0.2) is 0 Å². The Bertz CT molecular complexity index is 1630. The van der Waals surface area contributed by atoms with Crippen LogP contribution in [0.25, 0.3) is 0 Å². The number of carbonyl (C=O) groups is 4. The Hall–Kier alpha value is -4.66. The number of carbonyl (C=O) groups excluding carboxylic acids is 4. The normalized spacial score (nSPS) is 22.2. The number of benzene rings is 3. The van der Waals surface area contributed by atoms with Crippen molar-refractivity contribution >= 4 is 29.6 Å². The summed E-state index contributed by atoms with van der Waals surface area (Å²) in [5, 5.41) is 0. The molecule has 3 aliphatic rings. The summed E-state index contributed by atoms with van der Waals surface area (Å²) in [7, 11) is 1.35. The second kappa shape index (κ2) is 12.6. The monoisotopic (exact) mass is 623 g/mol. The van der Waals surface area contributed by atoms with Gasteiger partial charge >= 0.3 is 12.1 Å². The van der Waals surface area contributed by atoms with Crippen molar-refractivity contribution in [2.45, 2.75) is 82.6 Å². The molecule has 0 spiro atoms. The maximum absolute atomic E-state index is 14.7. The summed E-state index contributed by atoms with van der Waals surface area (Å²) in [6, 6.07) is 23.3. The highest BCUT2D eigenvalue weighted by Gasteiger charge is 2.49. The number of hydrogen-bond acceptors (Lipinski definition) is 6. The van der Waals surface area contributed by atoms with E-state index >= 15 is 0 Å². The van der Waals surface area contributed by atoms with Gasteiger partial charge in [-0.15, -0.1) is 0 Å². The zero-order valence-corrected chi connectivity index (χ0v) is 26.8. The number of anilines is 1. The summed E-state index contributed by atoms with van der Waals surface area (Å²) >= 11 is 0. The molecule has 9 nitrogen and oxygen atoms in total. The van der Waals surface area contributed by atoms with E-state index in [1.165, 1.54) is 12.0 Å². The highest BCUT2D eigenvalue weighted by atomic mass is 16.6. The summed E-state index contributed by atoms with van der Waals surface area (Å²) in [5.41, 5.74) is 3.92. The number of para-hydroxylation sites is 1. The molecule has 3 amide bonds. The van der Waals surface area contributed by atoms with E-state index in [-0.39, 0.29) is 30.1 Å². The number of methoxy groups -OCH3 is 1. The van der Waals surface area contributed by atoms with Crippen LogP contribution in [-0.2, 0) is 43.2 Å². The first-order valence-corrected chi connectivity index (χ1v) is 15.9. The molecule has 0 N–H and O–H groups in total. The largest absolute Gasteiger partial charge is 0.469 e. The molecule has 4 atom stereocenters. The number of hydrogen-bond donors (Lipinski definition) is 0. The number of nitrogens with zero attached hydrogens (tertiary/aromatic N) is 3. The number of esters is 1. The van der Waals surface area contributed by atoms with Crippen molar-refractivity contribution in [2.75, 3.05) is 18.6 Å². The number of fused-ring (bicyclic) bond motifs is 2. The minimum atomic E-state index is -0.856. The lowest BCUT2D eigenvalue weighted by atomic mass is 9.90. The van der Waals surface area contributed by atoms with Crippen LogP contribution in [0, 0.1) is 0 Å². The molecule has 0 unspecified atom stereocenters. The van der Waals surface area contributed by atoms with E-state index in [4.69, 9.17) is 9.47 Å². The lowest BCUT2D eigenvalue weighted by Gasteiger charge is -2.40. The Kier molecular flexibility index (Phi) is 8.59. The van der Waals surface area contributed by atoms with E-state index in [0.29, 0.717) is 38.0 Å². The quantitative estimate of drug-likeness (QED) is 0.360. The topological polar surface area (TPSA) is 96.5 Å². The number of ether oxygens (including phenoxy) is 2. The summed E-state index contributed by atoms with van der Waals surface area (Å²) in [6.45, 7) is 6.06. The Labute approximate surface area is 270 Å². The van der Waals surface area contributed by atoms with E-state index in [1.807, 2.05) is 78.9 Å². The van der Waals surface area contributed by atoms with Gasteiger partial charge in [0.05, 0.1) is 19.2 Å². The van der Waals surface area contributed by atoms with Crippen molar-refractivity contribution in [2.24, 2.45) is 0 Å². The molecule has 0 aliphatic carbocycles. The molecule has 3 aromatic carbocycles. The van der Waals surface area contributed by atoms with E-state index < -0.39 is 29.8 Å². The fourth-order valence-electron chi connectivity index (χ4n) is 7.09. The standard InChI is InChI=1S/C37H41N3O6/c1-37(2,3)46-36(44)40-30-17-11-10-15-26(30)19-32(40)35(43)39-23-28(24-12-6-5-7-13-24)20-31(39)34(42)38-22-27-16-9-8-14-25(27)18-29(38)21-33(41)45-4/h5-17,28-29,31-32H,18-23H2,1-4H3/t28-,29-,31-,32-/m1/s1. The zero-order chi connectivity index (χ0) is 32.6. The second-order valence-electron chi connectivity index (χ2n) is 13.4. The van der Waals surface area contributed by atoms with Crippen molar-refractivity contribution in [1.29, 1.82) is 0 Å². The van der Waals surface area contributed by atoms with Gasteiger partial charge in [0, 0.05) is 31.5 Å². The van der Waals surface area contributed by atoms with Crippen LogP contribution >= 0.6 is 0 Å². The molecule has 9 heteroatoms. The predicted molar refractivity (Wildman–Crippen MR) is 173 cm³/mol. The van der Waals surface area contributed by atoms with Gasteiger partial charge in [-0.2, -0.15) is 0 Å². The molecule has 3 aromatic rings. The van der Waals surface area contributed by atoms with Gasteiger partial charge in [-0.05, 0) is 61.9 Å². The molecular weight excluding hydrogens is 582 g/mol. The highest BCUT2D eigenvalue weighted by molar-refractivity contribution is 6.02. The van der Waals surface area contributed by atoms with Gasteiger partial charge in [0.25, 0.3) is 0 Å². The Morgan fingerprint density at radius 3 is 2.09 bits per heavy atom. The average Bonchev–Trinajstić information content (AvgIpc) is 3.66. The highest BCUT2D eigenvalue weighted by Crippen LogP contribution is 2.39. The summed E-state index contributed by atoms with van der Waals surface area (Å²) in [6.07, 6.45) is 0.740. The minimum absolute atomic E-state index is 0.0592. The molecular formula is C37H41N3O6. The minimum Gasteiger partial charge on any atom is -0.469 e. The van der Waals surface area contributed by atoms with Gasteiger partial charge in [0.1, 0.15) is 17.7 Å². The summed E-state index contributed by atoms with van der Waals surface area (Å²) in [5.74, 6) is -0.954. The van der Waals surface area contributed by atoms with E-state index in [1.54, 1.807) is 30.6 Å². The second-order valence-corrected chi connectivity index (χ2v) is 13.4. The van der Waals surface area contributed by atoms with E-state index in [2.05, 4.69) is 0 Å². The van der Waals surface area contributed by atoms with Crippen LogP contribution < -0.4 is 4.90 Å². The van der Waals surface area contributed by atoms with E-state index in [0.717, 1.165) is 22.3 Å². The van der Waals surface area contributed by atoms with Crippen LogP contribution in [-0.4, -0.2) is 71.1 Å². The fraction of sp³-hybridized carbons (Fsp3) is 0.405. The van der Waals surface area contributed by atoms with Crippen LogP contribution in [0.1, 0.15) is 61.8 Å². The maximum Gasteiger partial charge on any atom is 0.415 e. The fourth-order valence-corrected chi connectivity index (χ4v) is 7.09. The lowest BCUT2D eigenvalue weighted by molar-refractivity contribution is -0.149. The lowest BCUT2D eigenvalue weighted by Crippen LogP contribution is -2.57. The third-order valence-electron chi connectivity index (χ3n) is 9.26. The Balaban J connectivity index is 1.35. The molecule has 0 saturated carbocycles. The third kappa shape index (κ3) is 6.23. The van der Waals surface area contributed by atoms with Crippen LogP contribution in [0.2, 0.25) is 0 Å². The van der Waals surface area contributed by atoms with Crippen LogP contribution in [0.5, 0.6) is 0 Å². The zero-order valence-electron chi connectivity index (χ0n) is 26.8. The number of likely N-dealkylation sites (tertiary alicyclic amines) is 1. The summed E-state index contributed by atoms with van der Waals surface area (Å²) in [4.78, 5) is 60.4. The molecule has 0 aromatic heterocycles. The molecule has 0 radical (unpaired) electrons. The predicted octanol–water partition coefficient (Wildman–Crippen LogP) is 5.25. The van der Waals surface area contributed by atoms with Crippen molar-refractivity contribution in [1.82, 2.24) is 9.80 Å². The first-order valence-electron chi connectivity index (χ1n) is 15.9. The molecule has 3 heterocycles. The first-order chi connectivity index (χ1) is 22.0. The van der Waals surface area contributed by atoms with Crippen molar-refractivity contribution in [3.8, 4) is 0 Å².